The summed E-state index contributed by atoms with van der Waals surface area (Å²) in [5, 5.41) is 0.634. The third kappa shape index (κ3) is 5.85. The average molecular weight is 255 g/mol. The fourth-order valence-corrected chi connectivity index (χ4v) is 1.39. The molecule has 0 aliphatic rings. The number of hydrogen-bond donors (Lipinski definition) is 0. The van der Waals surface area contributed by atoms with E-state index in [2.05, 4.69) is 20.8 Å². The van der Waals surface area contributed by atoms with Gasteiger partial charge in [0.25, 0.3) is 0 Å². The molecule has 0 aliphatic heterocycles. The second-order valence-corrected chi connectivity index (χ2v) is 5.73. The molecule has 0 heterocycles. The summed E-state index contributed by atoms with van der Waals surface area (Å²) in [4.78, 5) is 11.7. The maximum absolute atomic E-state index is 11.7. The summed E-state index contributed by atoms with van der Waals surface area (Å²) >= 11 is 5.75. The molecule has 2 nitrogen and oxygen atoms in total. The number of hydrogen-bond acceptors (Lipinski definition) is 2. The Morgan fingerprint density at radius 1 is 1.24 bits per heavy atom. The van der Waals surface area contributed by atoms with Crippen molar-refractivity contribution >= 4 is 17.4 Å². The number of rotatable bonds is 5. The number of ether oxygens (including phenoxy) is 1. The zero-order valence-electron chi connectivity index (χ0n) is 10.6. The van der Waals surface area contributed by atoms with E-state index in [4.69, 9.17) is 16.3 Å². The van der Waals surface area contributed by atoms with Crippen molar-refractivity contribution < 1.29 is 9.53 Å². The highest BCUT2D eigenvalue weighted by atomic mass is 35.5. The lowest BCUT2D eigenvalue weighted by atomic mass is 9.93. The molecule has 0 saturated carbocycles. The van der Waals surface area contributed by atoms with E-state index in [1.54, 1.807) is 24.3 Å². The molecule has 0 atom stereocenters. The van der Waals surface area contributed by atoms with Crippen LogP contribution in [0.15, 0.2) is 24.3 Å². The van der Waals surface area contributed by atoms with E-state index < -0.39 is 0 Å². The SMILES string of the molecule is CC(C)(C)CCOCC(=O)c1ccc(Cl)cc1. The number of carbonyl (C=O) groups excluding carboxylic acids is 1. The molecule has 0 spiro atoms. The Morgan fingerprint density at radius 3 is 2.35 bits per heavy atom. The third-order valence-electron chi connectivity index (χ3n) is 2.40. The highest BCUT2D eigenvalue weighted by Crippen LogP contribution is 2.18. The largest absolute Gasteiger partial charge is 0.373 e. The molecule has 17 heavy (non-hydrogen) atoms. The smallest absolute Gasteiger partial charge is 0.188 e. The first kappa shape index (κ1) is 14.2. The molecule has 0 fully saturated rings. The fourth-order valence-electron chi connectivity index (χ4n) is 1.26. The van der Waals surface area contributed by atoms with E-state index in [1.807, 2.05) is 0 Å². The Bertz CT molecular complexity index is 363. The van der Waals surface area contributed by atoms with Gasteiger partial charge in [0, 0.05) is 17.2 Å². The minimum absolute atomic E-state index is 0.00410. The molecule has 0 radical (unpaired) electrons. The summed E-state index contributed by atoms with van der Waals surface area (Å²) in [5.41, 5.74) is 0.883. The molecule has 0 N–H and O–H groups in total. The second kappa shape index (κ2) is 6.18. The van der Waals surface area contributed by atoms with Gasteiger partial charge in [-0.1, -0.05) is 32.4 Å². The monoisotopic (exact) mass is 254 g/mol. The Morgan fingerprint density at radius 2 is 1.82 bits per heavy atom. The number of ketones is 1. The molecule has 0 saturated heterocycles. The molecule has 0 amide bonds. The quantitative estimate of drug-likeness (QED) is 0.587. The van der Waals surface area contributed by atoms with Crippen molar-refractivity contribution in [2.45, 2.75) is 27.2 Å². The normalized spacial score (nSPS) is 11.5. The summed E-state index contributed by atoms with van der Waals surface area (Å²) in [6, 6.07) is 6.86. The van der Waals surface area contributed by atoms with Crippen molar-refractivity contribution in [3.63, 3.8) is 0 Å². The topological polar surface area (TPSA) is 26.3 Å². The lowest BCUT2D eigenvalue weighted by Gasteiger charge is -2.17. The van der Waals surface area contributed by atoms with E-state index in [0.29, 0.717) is 17.2 Å². The Balaban J connectivity index is 2.33. The summed E-state index contributed by atoms with van der Waals surface area (Å²) < 4.78 is 5.37. The Kier molecular flexibility index (Phi) is 5.16. The van der Waals surface area contributed by atoms with Gasteiger partial charge in [-0.25, -0.2) is 0 Å². The van der Waals surface area contributed by atoms with Crippen LogP contribution in [0.5, 0.6) is 0 Å². The Hall–Kier alpha value is -0.860. The van der Waals surface area contributed by atoms with Gasteiger partial charge in [0.1, 0.15) is 6.61 Å². The van der Waals surface area contributed by atoms with Crippen molar-refractivity contribution in [2.75, 3.05) is 13.2 Å². The summed E-state index contributed by atoms with van der Waals surface area (Å²) in [6.07, 6.45) is 0.945. The summed E-state index contributed by atoms with van der Waals surface area (Å²) in [5.74, 6) is -0.00410. The van der Waals surface area contributed by atoms with Crippen LogP contribution in [0.2, 0.25) is 5.02 Å². The van der Waals surface area contributed by atoms with E-state index in [9.17, 15) is 4.79 Å². The standard InChI is InChI=1S/C14H19ClO2/c1-14(2,3)8-9-17-10-13(16)11-4-6-12(15)7-5-11/h4-7H,8-10H2,1-3H3. The molecule has 1 rings (SSSR count). The number of benzene rings is 1. The third-order valence-corrected chi connectivity index (χ3v) is 2.65. The first-order valence-electron chi connectivity index (χ1n) is 5.75. The lowest BCUT2D eigenvalue weighted by molar-refractivity contribution is 0.0705. The zero-order valence-corrected chi connectivity index (χ0v) is 11.4. The van der Waals surface area contributed by atoms with Crippen LogP contribution in [0, 0.1) is 5.41 Å². The summed E-state index contributed by atoms with van der Waals surface area (Å²) in [7, 11) is 0. The van der Waals surface area contributed by atoms with E-state index >= 15 is 0 Å². The highest BCUT2D eigenvalue weighted by Gasteiger charge is 2.11. The molecular weight excluding hydrogens is 236 g/mol. The van der Waals surface area contributed by atoms with Gasteiger partial charge in [-0.2, -0.15) is 0 Å². The van der Waals surface area contributed by atoms with E-state index in [1.165, 1.54) is 0 Å². The van der Waals surface area contributed by atoms with Crippen LogP contribution in [0.25, 0.3) is 0 Å². The van der Waals surface area contributed by atoms with Crippen LogP contribution < -0.4 is 0 Å². The lowest BCUT2D eigenvalue weighted by Crippen LogP contribution is -2.14. The van der Waals surface area contributed by atoms with Gasteiger partial charge >= 0.3 is 0 Å². The maximum atomic E-state index is 11.7. The minimum Gasteiger partial charge on any atom is -0.373 e. The van der Waals surface area contributed by atoms with Crippen LogP contribution in [-0.2, 0) is 4.74 Å². The zero-order chi connectivity index (χ0) is 12.9. The number of halogens is 1. The van der Waals surface area contributed by atoms with Gasteiger partial charge < -0.3 is 4.74 Å². The molecule has 94 valence electrons. The number of Topliss-reactive ketones (excluding diaryl/α,β-unsaturated/α-hetero) is 1. The molecule has 1 aromatic rings. The van der Waals surface area contributed by atoms with Crippen LogP contribution >= 0.6 is 11.6 Å². The van der Waals surface area contributed by atoms with Crippen molar-refractivity contribution in [3.05, 3.63) is 34.9 Å². The number of carbonyl (C=O) groups is 1. The highest BCUT2D eigenvalue weighted by molar-refractivity contribution is 6.30. The first-order chi connectivity index (χ1) is 7.88. The van der Waals surface area contributed by atoms with Gasteiger partial charge in [0.15, 0.2) is 5.78 Å². The average Bonchev–Trinajstić information content (AvgIpc) is 2.24. The van der Waals surface area contributed by atoms with E-state index in [0.717, 1.165) is 6.42 Å². The van der Waals surface area contributed by atoms with Gasteiger partial charge in [-0.05, 0) is 36.1 Å². The maximum Gasteiger partial charge on any atom is 0.188 e. The van der Waals surface area contributed by atoms with Gasteiger partial charge in [-0.3, -0.25) is 4.79 Å². The molecule has 3 heteroatoms. The fraction of sp³-hybridized carbons (Fsp3) is 0.500. The van der Waals surface area contributed by atoms with Gasteiger partial charge in [0.05, 0.1) is 0 Å². The molecule has 0 aliphatic carbocycles. The predicted octanol–water partition coefficient (Wildman–Crippen LogP) is 3.98. The van der Waals surface area contributed by atoms with Crippen molar-refractivity contribution in [1.29, 1.82) is 0 Å². The van der Waals surface area contributed by atoms with E-state index in [-0.39, 0.29) is 17.8 Å². The Labute approximate surface area is 108 Å². The van der Waals surface area contributed by atoms with Crippen LogP contribution in [-0.4, -0.2) is 19.0 Å². The van der Waals surface area contributed by atoms with Crippen LogP contribution in [0.4, 0.5) is 0 Å². The van der Waals surface area contributed by atoms with Gasteiger partial charge in [0.2, 0.25) is 0 Å². The van der Waals surface area contributed by atoms with Crippen molar-refractivity contribution in [2.24, 2.45) is 5.41 Å². The molecular formula is C14H19ClO2. The molecule has 0 bridgehead atoms. The van der Waals surface area contributed by atoms with Crippen molar-refractivity contribution in [1.82, 2.24) is 0 Å². The minimum atomic E-state index is -0.00410. The first-order valence-corrected chi connectivity index (χ1v) is 6.13. The second-order valence-electron chi connectivity index (χ2n) is 5.29. The predicted molar refractivity (Wildman–Crippen MR) is 70.7 cm³/mol. The summed E-state index contributed by atoms with van der Waals surface area (Å²) in [6.45, 7) is 7.20. The van der Waals surface area contributed by atoms with Crippen LogP contribution in [0.3, 0.4) is 0 Å². The van der Waals surface area contributed by atoms with Crippen molar-refractivity contribution in [3.8, 4) is 0 Å². The molecule has 0 unspecified atom stereocenters. The van der Waals surface area contributed by atoms with Gasteiger partial charge in [-0.15, -0.1) is 0 Å². The molecule has 0 aromatic heterocycles. The molecule has 1 aromatic carbocycles. The van der Waals surface area contributed by atoms with Crippen LogP contribution in [0.1, 0.15) is 37.6 Å².